The highest BCUT2D eigenvalue weighted by atomic mass is 32.2. The zero-order valence-corrected chi connectivity index (χ0v) is 18.5. The average molecular weight is 414 g/mol. The monoisotopic (exact) mass is 413 g/mol. The van der Waals surface area contributed by atoms with Gasteiger partial charge in [0, 0.05) is 51.4 Å². The second kappa shape index (κ2) is 10.3. The molecule has 0 spiro atoms. The number of hydrogen-bond acceptors (Lipinski definition) is 4. The van der Waals surface area contributed by atoms with Gasteiger partial charge in [0.15, 0.2) is 5.96 Å². The zero-order chi connectivity index (χ0) is 20.0. The fourth-order valence-corrected chi connectivity index (χ4v) is 5.71. The number of sulfonamides is 1. The Morgan fingerprint density at radius 2 is 1.64 bits per heavy atom. The molecule has 1 saturated carbocycles. The Labute approximate surface area is 171 Å². The van der Waals surface area contributed by atoms with Crippen LogP contribution in [0, 0.1) is 5.92 Å². The number of guanidine groups is 1. The molecule has 0 aromatic carbocycles. The minimum Gasteiger partial charge on any atom is -0.357 e. The molecule has 28 heavy (non-hydrogen) atoms. The lowest BCUT2D eigenvalue weighted by molar-refractivity contribution is 0.150. The van der Waals surface area contributed by atoms with Crippen molar-refractivity contribution in [2.45, 2.75) is 70.4 Å². The first-order valence-electron chi connectivity index (χ1n) is 11.2. The fraction of sp³-hybridized carbons (Fsp3) is 0.950. The van der Waals surface area contributed by atoms with E-state index in [0.29, 0.717) is 25.0 Å². The minimum atomic E-state index is -3.05. The highest BCUT2D eigenvalue weighted by Crippen LogP contribution is 2.26. The topological polar surface area (TPSA) is 77.0 Å². The van der Waals surface area contributed by atoms with Crippen LogP contribution < -0.4 is 10.6 Å². The molecular formula is C20H39N5O2S. The summed E-state index contributed by atoms with van der Waals surface area (Å²) < 4.78 is 24.9. The standard InChI is InChI=1S/C20H39N5O2S/c1-3-21-20(22-16-17-8-14-25(15-9-17)28(2,26)27)23-18-10-12-24(13-11-18)19-6-4-5-7-19/h17-19H,3-16H2,1-2H3,(H2,21,22,23). The molecule has 3 aliphatic rings. The molecule has 3 rings (SSSR count). The van der Waals surface area contributed by atoms with Crippen LogP contribution in [-0.2, 0) is 10.0 Å². The van der Waals surface area contributed by atoms with E-state index < -0.39 is 10.0 Å². The Kier molecular flexibility index (Phi) is 8.00. The van der Waals surface area contributed by atoms with E-state index in [1.807, 2.05) is 0 Å². The molecule has 0 aromatic rings. The highest BCUT2D eigenvalue weighted by molar-refractivity contribution is 7.88. The maximum absolute atomic E-state index is 11.6. The Hall–Kier alpha value is -0.860. The Morgan fingerprint density at radius 1 is 1.00 bits per heavy atom. The molecule has 8 heteroatoms. The van der Waals surface area contributed by atoms with Gasteiger partial charge in [-0.3, -0.25) is 4.99 Å². The molecule has 0 aromatic heterocycles. The first-order chi connectivity index (χ1) is 13.5. The number of hydrogen-bond donors (Lipinski definition) is 2. The van der Waals surface area contributed by atoms with Gasteiger partial charge in [0.05, 0.1) is 6.26 Å². The first-order valence-corrected chi connectivity index (χ1v) is 13.0. The first kappa shape index (κ1) is 21.8. The van der Waals surface area contributed by atoms with Crippen LogP contribution in [0.5, 0.6) is 0 Å². The van der Waals surface area contributed by atoms with Crippen molar-refractivity contribution in [3.63, 3.8) is 0 Å². The average Bonchev–Trinajstić information content (AvgIpc) is 3.21. The number of rotatable bonds is 6. The number of nitrogens with one attached hydrogen (secondary N) is 2. The van der Waals surface area contributed by atoms with Crippen LogP contribution in [0.15, 0.2) is 4.99 Å². The van der Waals surface area contributed by atoms with E-state index in [2.05, 4.69) is 22.5 Å². The summed E-state index contributed by atoms with van der Waals surface area (Å²) in [5.74, 6) is 1.39. The normalized spacial score (nSPS) is 25.3. The summed E-state index contributed by atoms with van der Waals surface area (Å²) in [6.45, 7) is 7.39. The molecule has 2 heterocycles. The van der Waals surface area contributed by atoms with Crippen LogP contribution in [0.2, 0.25) is 0 Å². The predicted molar refractivity (Wildman–Crippen MR) is 115 cm³/mol. The van der Waals surface area contributed by atoms with Gasteiger partial charge in [-0.05, 0) is 51.4 Å². The van der Waals surface area contributed by atoms with Crippen LogP contribution in [0.1, 0.15) is 58.3 Å². The maximum atomic E-state index is 11.6. The van der Waals surface area contributed by atoms with Gasteiger partial charge >= 0.3 is 0 Å². The fourth-order valence-electron chi connectivity index (χ4n) is 4.84. The van der Waals surface area contributed by atoms with Crippen molar-refractivity contribution in [2.24, 2.45) is 10.9 Å². The summed E-state index contributed by atoms with van der Waals surface area (Å²) in [7, 11) is -3.05. The summed E-state index contributed by atoms with van der Waals surface area (Å²) in [4.78, 5) is 7.53. The SMILES string of the molecule is CCNC(=NCC1CCN(S(C)(=O)=O)CC1)NC1CCN(C2CCCC2)CC1. The van der Waals surface area contributed by atoms with Crippen molar-refractivity contribution in [3.05, 3.63) is 0 Å². The van der Waals surface area contributed by atoms with Gasteiger partial charge in [-0.2, -0.15) is 0 Å². The highest BCUT2D eigenvalue weighted by Gasteiger charge is 2.28. The van der Waals surface area contributed by atoms with E-state index in [1.165, 1.54) is 57.9 Å². The lowest BCUT2D eigenvalue weighted by Gasteiger charge is -2.36. The summed E-state index contributed by atoms with van der Waals surface area (Å²) >= 11 is 0. The second-order valence-corrected chi connectivity index (χ2v) is 10.7. The van der Waals surface area contributed by atoms with Gasteiger partial charge in [0.2, 0.25) is 10.0 Å². The molecule has 2 aliphatic heterocycles. The lowest BCUT2D eigenvalue weighted by atomic mass is 9.98. The number of aliphatic imine (C=N–C) groups is 1. The van der Waals surface area contributed by atoms with Crippen molar-refractivity contribution in [1.29, 1.82) is 0 Å². The Morgan fingerprint density at radius 3 is 2.21 bits per heavy atom. The van der Waals surface area contributed by atoms with E-state index in [-0.39, 0.29) is 0 Å². The number of nitrogens with zero attached hydrogens (tertiary/aromatic N) is 3. The summed E-state index contributed by atoms with van der Waals surface area (Å²) in [5, 5.41) is 7.03. The molecule has 2 saturated heterocycles. The Balaban J connectivity index is 1.43. The third-order valence-electron chi connectivity index (χ3n) is 6.61. The molecule has 0 radical (unpaired) electrons. The summed E-state index contributed by atoms with van der Waals surface area (Å²) in [6, 6.07) is 1.34. The smallest absolute Gasteiger partial charge is 0.211 e. The van der Waals surface area contributed by atoms with Crippen LogP contribution >= 0.6 is 0 Å². The van der Waals surface area contributed by atoms with Crippen molar-refractivity contribution in [1.82, 2.24) is 19.8 Å². The third kappa shape index (κ3) is 6.32. The van der Waals surface area contributed by atoms with E-state index in [9.17, 15) is 8.42 Å². The van der Waals surface area contributed by atoms with Gasteiger partial charge < -0.3 is 15.5 Å². The largest absolute Gasteiger partial charge is 0.357 e. The molecule has 0 amide bonds. The van der Waals surface area contributed by atoms with Gasteiger partial charge in [0.1, 0.15) is 0 Å². The third-order valence-corrected chi connectivity index (χ3v) is 7.91. The van der Waals surface area contributed by atoms with Crippen LogP contribution in [-0.4, -0.2) is 81.2 Å². The van der Waals surface area contributed by atoms with Gasteiger partial charge in [-0.1, -0.05) is 12.8 Å². The molecule has 162 valence electrons. The number of piperidine rings is 2. The molecule has 7 nitrogen and oxygen atoms in total. The van der Waals surface area contributed by atoms with Crippen LogP contribution in [0.25, 0.3) is 0 Å². The molecule has 3 fully saturated rings. The molecule has 0 bridgehead atoms. The molecule has 0 atom stereocenters. The quantitative estimate of drug-likeness (QED) is 0.511. The van der Waals surface area contributed by atoms with Gasteiger partial charge in [0.25, 0.3) is 0 Å². The van der Waals surface area contributed by atoms with E-state index in [0.717, 1.165) is 37.9 Å². The Bertz CT molecular complexity index is 602. The predicted octanol–water partition coefficient (Wildman–Crippen LogP) is 1.62. The summed E-state index contributed by atoms with van der Waals surface area (Å²) in [5.41, 5.74) is 0. The van der Waals surface area contributed by atoms with Crippen molar-refractivity contribution in [2.75, 3.05) is 45.5 Å². The maximum Gasteiger partial charge on any atom is 0.211 e. The lowest BCUT2D eigenvalue weighted by Crippen LogP contribution is -2.50. The van der Waals surface area contributed by atoms with E-state index in [4.69, 9.17) is 4.99 Å². The number of likely N-dealkylation sites (tertiary alicyclic amines) is 1. The van der Waals surface area contributed by atoms with Crippen molar-refractivity contribution < 1.29 is 8.42 Å². The molecule has 1 aliphatic carbocycles. The zero-order valence-electron chi connectivity index (χ0n) is 17.7. The van der Waals surface area contributed by atoms with E-state index >= 15 is 0 Å². The summed E-state index contributed by atoms with van der Waals surface area (Å²) in [6.07, 6.45) is 11.1. The minimum absolute atomic E-state index is 0.470. The van der Waals surface area contributed by atoms with Gasteiger partial charge in [-0.25, -0.2) is 12.7 Å². The van der Waals surface area contributed by atoms with Crippen LogP contribution in [0.3, 0.4) is 0 Å². The van der Waals surface area contributed by atoms with E-state index in [1.54, 1.807) is 4.31 Å². The van der Waals surface area contributed by atoms with Crippen LogP contribution in [0.4, 0.5) is 0 Å². The molecular weight excluding hydrogens is 374 g/mol. The second-order valence-electron chi connectivity index (χ2n) is 8.72. The van der Waals surface area contributed by atoms with Gasteiger partial charge in [-0.15, -0.1) is 0 Å². The molecule has 2 N–H and O–H groups in total. The van der Waals surface area contributed by atoms with Crippen molar-refractivity contribution >= 4 is 16.0 Å². The molecule has 0 unspecified atom stereocenters. The van der Waals surface area contributed by atoms with Crippen molar-refractivity contribution in [3.8, 4) is 0 Å².